The fourth-order valence-corrected chi connectivity index (χ4v) is 4.89. The summed E-state index contributed by atoms with van der Waals surface area (Å²) in [6, 6.07) is 3.78. The Kier molecular flexibility index (Phi) is 4.52. The molecule has 1 aromatic carbocycles. The molecule has 2 N–H and O–H groups in total. The third kappa shape index (κ3) is 2.75. The second-order valence-corrected chi connectivity index (χ2v) is 7.56. The molecule has 2 rings (SSSR count). The summed E-state index contributed by atoms with van der Waals surface area (Å²) in [6.07, 6.45) is 2.99. The van der Waals surface area contributed by atoms with Crippen molar-refractivity contribution in [3.8, 4) is 0 Å². The first-order chi connectivity index (χ1) is 9.37. The minimum atomic E-state index is -3.42. The molecule has 0 aliphatic carbocycles. The molecule has 1 fully saturated rings. The number of hydrogen-bond acceptors (Lipinski definition) is 3. The molecule has 20 heavy (non-hydrogen) atoms. The van der Waals surface area contributed by atoms with Crippen LogP contribution in [0.1, 0.15) is 42.9 Å². The van der Waals surface area contributed by atoms with E-state index in [0.29, 0.717) is 18.0 Å². The lowest BCUT2D eigenvalue weighted by atomic mass is 10.1. The van der Waals surface area contributed by atoms with Crippen LogP contribution in [0.15, 0.2) is 17.0 Å². The molecule has 0 saturated carbocycles. The van der Waals surface area contributed by atoms with Gasteiger partial charge in [0.1, 0.15) is 0 Å². The highest BCUT2D eigenvalue weighted by Crippen LogP contribution is 2.29. The molecule has 0 amide bonds. The zero-order valence-electron chi connectivity index (χ0n) is 12.5. The van der Waals surface area contributed by atoms with Crippen LogP contribution in [0.5, 0.6) is 0 Å². The number of piperidine rings is 1. The van der Waals surface area contributed by atoms with Crippen LogP contribution in [0, 0.1) is 13.8 Å². The molecule has 0 bridgehead atoms. The van der Waals surface area contributed by atoms with Crippen molar-refractivity contribution in [1.82, 2.24) is 4.31 Å². The monoisotopic (exact) mass is 296 g/mol. The van der Waals surface area contributed by atoms with E-state index in [2.05, 4.69) is 0 Å². The van der Waals surface area contributed by atoms with E-state index in [1.807, 2.05) is 26.8 Å². The van der Waals surface area contributed by atoms with Crippen LogP contribution in [0.4, 0.5) is 0 Å². The Labute approximate surface area is 122 Å². The third-order valence-corrected chi connectivity index (χ3v) is 6.38. The fraction of sp³-hybridized carbons (Fsp3) is 0.600. The van der Waals surface area contributed by atoms with Gasteiger partial charge in [-0.05, 0) is 56.4 Å². The maximum Gasteiger partial charge on any atom is 0.243 e. The molecule has 5 heteroatoms. The Bertz CT molecular complexity index is 596. The van der Waals surface area contributed by atoms with Crippen molar-refractivity contribution in [3.05, 3.63) is 28.8 Å². The number of rotatable bonds is 3. The summed E-state index contributed by atoms with van der Waals surface area (Å²) >= 11 is 0. The van der Waals surface area contributed by atoms with Crippen LogP contribution in [0.25, 0.3) is 0 Å². The fourth-order valence-electron chi connectivity index (χ4n) is 2.84. The topological polar surface area (TPSA) is 63.4 Å². The lowest BCUT2D eigenvalue weighted by Gasteiger charge is -2.33. The molecule has 112 valence electrons. The Morgan fingerprint density at radius 2 is 2.00 bits per heavy atom. The maximum absolute atomic E-state index is 12.9. The van der Waals surface area contributed by atoms with E-state index in [0.717, 1.165) is 36.0 Å². The summed E-state index contributed by atoms with van der Waals surface area (Å²) in [4.78, 5) is 0.423. The van der Waals surface area contributed by atoms with Crippen LogP contribution in [0.2, 0.25) is 0 Å². The summed E-state index contributed by atoms with van der Waals surface area (Å²) in [5.74, 6) is 0. The minimum absolute atomic E-state index is 0.0787. The second kappa shape index (κ2) is 5.84. The van der Waals surface area contributed by atoms with Crippen molar-refractivity contribution in [2.75, 3.05) is 6.54 Å². The van der Waals surface area contributed by atoms with Crippen molar-refractivity contribution in [3.63, 3.8) is 0 Å². The number of nitrogens with two attached hydrogens (primary N) is 1. The Morgan fingerprint density at radius 3 is 2.60 bits per heavy atom. The zero-order chi connectivity index (χ0) is 14.9. The van der Waals surface area contributed by atoms with Gasteiger partial charge in [-0.2, -0.15) is 4.31 Å². The first kappa shape index (κ1) is 15.5. The van der Waals surface area contributed by atoms with Gasteiger partial charge in [-0.15, -0.1) is 0 Å². The quantitative estimate of drug-likeness (QED) is 0.931. The number of sulfonamides is 1. The molecule has 1 unspecified atom stereocenters. The highest BCUT2D eigenvalue weighted by Gasteiger charge is 2.32. The van der Waals surface area contributed by atoms with Gasteiger partial charge < -0.3 is 5.73 Å². The van der Waals surface area contributed by atoms with Crippen molar-refractivity contribution < 1.29 is 8.42 Å². The predicted octanol–water partition coefficient (Wildman–Crippen LogP) is 2.33. The highest BCUT2D eigenvalue weighted by molar-refractivity contribution is 7.89. The molecule has 1 aromatic rings. The van der Waals surface area contributed by atoms with Crippen LogP contribution >= 0.6 is 0 Å². The first-order valence-corrected chi connectivity index (χ1v) is 8.64. The molecule has 4 nitrogen and oxygen atoms in total. The normalized spacial score (nSPS) is 21.1. The number of hydrogen-bond donors (Lipinski definition) is 1. The molecule has 0 radical (unpaired) electrons. The van der Waals surface area contributed by atoms with Gasteiger partial charge in [0.25, 0.3) is 0 Å². The molecular weight excluding hydrogens is 272 g/mol. The minimum Gasteiger partial charge on any atom is -0.326 e. The summed E-state index contributed by atoms with van der Waals surface area (Å²) in [5.41, 5.74) is 8.37. The molecule has 1 saturated heterocycles. The summed E-state index contributed by atoms with van der Waals surface area (Å²) in [7, 11) is -3.42. The van der Waals surface area contributed by atoms with Crippen molar-refractivity contribution in [2.45, 2.75) is 57.5 Å². The van der Waals surface area contributed by atoms with Gasteiger partial charge in [-0.25, -0.2) is 8.42 Å². The van der Waals surface area contributed by atoms with Gasteiger partial charge in [-0.3, -0.25) is 0 Å². The Morgan fingerprint density at radius 1 is 1.30 bits per heavy atom. The Balaban J connectivity index is 2.51. The van der Waals surface area contributed by atoms with Crippen LogP contribution in [-0.4, -0.2) is 25.3 Å². The zero-order valence-corrected chi connectivity index (χ0v) is 13.3. The van der Waals surface area contributed by atoms with Crippen LogP contribution < -0.4 is 5.73 Å². The van der Waals surface area contributed by atoms with Gasteiger partial charge in [0.2, 0.25) is 10.0 Å². The molecule has 1 aliphatic heterocycles. The summed E-state index contributed by atoms with van der Waals surface area (Å²) in [6.45, 7) is 6.78. The van der Waals surface area contributed by atoms with Crippen molar-refractivity contribution in [2.24, 2.45) is 5.73 Å². The molecule has 1 atom stereocenters. The second-order valence-electron chi connectivity index (χ2n) is 5.70. The van der Waals surface area contributed by atoms with E-state index in [1.165, 1.54) is 0 Å². The molecule has 1 heterocycles. The number of benzene rings is 1. The lowest BCUT2D eigenvalue weighted by molar-refractivity contribution is 0.268. The van der Waals surface area contributed by atoms with Crippen LogP contribution in [-0.2, 0) is 16.6 Å². The van der Waals surface area contributed by atoms with E-state index >= 15 is 0 Å². The lowest BCUT2D eigenvalue weighted by Crippen LogP contribution is -2.42. The molecular formula is C15H24N2O2S. The largest absolute Gasteiger partial charge is 0.326 e. The first-order valence-electron chi connectivity index (χ1n) is 7.20. The van der Waals surface area contributed by atoms with E-state index in [1.54, 1.807) is 10.4 Å². The predicted molar refractivity (Wildman–Crippen MR) is 81.0 cm³/mol. The smallest absolute Gasteiger partial charge is 0.243 e. The third-order valence-electron chi connectivity index (χ3n) is 4.24. The standard InChI is InChI=1S/C15H24N2O2S/c1-11-8-14(10-16)9-15(13(11)3)20(18,19)17-7-5-4-6-12(17)2/h8-9,12H,4-7,10,16H2,1-3H3. The van der Waals surface area contributed by atoms with Crippen molar-refractivity contribution >= 4 is 10.0 Å². The molecule has 1 aliphatic rings. The van der Waals surface area contributed by atoms with E-state index in [-0.39, 0.29) is 6.04 Å². The summed E-state index contributed by atoms with van der Waals surface area (Å²) in [5, 5.41) is 0. The average Bonchev–Trinajstić information content (AvgIpc) is 2.41. The van der Waals surface area contributed by atoms with Gasteiger partial charge in [0.15, 0.2) is 0 Å². The highest BCUT2D eigenvalue weighted by atomic mass is 32.2. The van der Waals surface area contributed by atoms with E-state index < -0.39 is 10.0 Å². The van der Waals surface area contributed by atoms with E-state index in [4.69, 9.17) is 5.73 Å². The molecule has 0 spiro atoms. The summed E-state index contributed by atoms with van der Waals surface area (Å²) < 4.78 is 27.5. The Hall–Kier alpha value is -0.910. The van der Waals surface area contributed by atoms with Crippen LogP contribution in [0.3, 0.4) is 0 Å². The van der Waals surface area contributed by atoms with Gasteiger partial charge in [0.05, 0.1) is 4.90 Å². The van der Waals surface area contributed by atoms with Crippen molar-refractivity contribution in [1.29, 1.82) is 0 Å². The number of nitrogens with zero attached hydrogens (tertiary/aromatic N) is 1. The van der Waals surface area contributed by atoms with Gasteiger partial charge >= 0.3 is 0 Å². The van der Waals surface area contributed by atoms with Gasteiger partial charge in [0, 0.05) is 19.1 Å². The average molecular weight is 296 g/mol. The number of aryl methyl sites for hydroxylation is 1. The van der Waals surface area contributed by atoms with E-state index in [9.17, 15) is 8.42 Å². The maximum atomic E-state index is 12.9. The van der Waals surface area contributed by atoms with Gasteiger partial charge in [-0.1, -0.05) is 12.5 Å². The SMILES string of the molecule is Cc1cc(CN)cc(S(=O)(=O)N2CCCCC2C)c1C. The molecule has 0 aromatic heterocycles.